The van der Waals surface area contributed by atoms with Crippen molar-refractivity contribution in [1.82, 2.24) is 0 Å². The molecule has 3 aromatic carbocycles. The number of sulfonamides is 1. The highest BCUT2D eigenvalue weighted by Gasteiger charge is 2.24. The summed E-state index contributed by atoms with van der Waals surface area (Å²) < 4.78 is 38.6. The van der Waals surface area contributed by atoms with Crippen molar-refractivity contribution in [2.24, 2.45) is 0 Å². The van der Waals surface area contributed by atoms with Gasteiger partial charge in [0.25, 0.3) is 15.9 Å². The van der Waals surface area contributed by atoms with Gasteiger partial charge in [-0.05, 0) is 55.5 Å². The minimum Gasteiger partial charge on any atom is -0.494 e. The summed E-state index contributed by atoms with van der Waals surface area (Å²) >= 11 is 24.2. The molecule has 0 radical (unpaired) electrons. The Morgan fingerprint density at radius 1 is 0.889 bits per heavy atom. The van der Waals surface area contributed by atoms with Crippen LogP contribution in [0.1, 0.15) is 17.3 Å². The monoisotopic (exact) mass is 590 g/mol. The first-order chi connectivity index (χ1) is 17.0. The number of carbonyl (C=O) groups is 2. The van der Waals surface area contributed by atoms with Gasteiger partial charge in [-0.3, -0.25) is 9.52 Å². The first-order valence-corrected chi connectivity index (χ1v) is 13.2. The quantitative estimate of drug-likeness (QED) is 0.283. The zero-order valence-electron chi connectivity index (χ0n) is 18.5. The van der Waals surface area contributed by atoms with Crippen molar-refractivity contribution >= 4 is 79.7 Å². The summed E-state index contributed by atoms with van der Waals surface area (Å²) in [5, 5.41) is 2.43. The third-order valence-electron chi connectivity index (χ3n) is 4.51. The minimum atomic E-state index is -4.22. The molecular formula is C23H18Cl4N2O6S. The van der Waals surface area contributed by atoms with Crippen LogP contribution in [0.4, 0.5) is 11.4 Å². The second-order valence-electron chi connectivity index (χ2n) is 7.05. The van der Waals surface area contributed by atoms with Crippen LogP contribution >= 0.6 is 46.4 Å². The van der Waals surface area contributed by atoms with Crippen LogP contribution in [0, 0.1) is 0 Å². The number of amides is 1. The van der Waals surface area contributed by atoms with Gasteiger partial charge < -0.3 is 14.8 Å². The van der Waals surface area contributed by atoms with Gasteiger partial charge in [-0.2, -0.15) is 0 Å². The summed E-state index contributed by atoms with van der Waals surface area (Å²) in [5.41, 5.74) is 0.0837. The third kappa shape index (κ3) is 6.96. The maximum Gasteiger partial charge on any atom is 0.340 e. The zero-order chi connectivity index (χ0) is 26.5. The summed E-state index contributed by atoms with van der Waals surface area (Å²) in [7, 11) is -4.22. The molecule has 13 heteroatoms. The Bertz CT molecular complexity index is 1380. The van der Waals surface area contributed by atoms with Crippen molar-refractivity contribution in [3.05, 3.63) is 80.3 Å². The molecule has 1 amide bonds. The van der Waals surface area contributed by atoms with Gasteiger partial charge in [-0.15, -0.1) is 0 Å². The Labute approximate surface area is 227 Å². The summed E-state index contributed by atoms with van der Waals surface area (Å²) in [6.07, 6.45) is 0. The number of rotatable bonds is 9. The lowest BCUT2D eigenvalue weighted by Gasteiger charge is -2.13. The van der Waals surface area contributed by atoms with Gasteiger partial charge in [-0.25, -0.2) is 13.2 Å². The first kappa shape index (κ1) is 27.9. The molecule has 0 aliphatic carbocycles. The van der Waals surface area contributed by atoms with Crippen LogP contribution in [0.25, 0.3) is 0 Å². The summed E-state index contributed by atoms with van der Waals surface area (Å²) in [6, 6.07) is 12.9. The molecule has 0 atom stereocenters. The van der Waals surface area contributed by atoms with Crippen LogP contribution < -0.4 is 14.8 Å². The van der Waals surface area contributed by atoms with Gasteiger partial charge in [0.05, 0.1) is 37.9 Å². The van der Waals surface area contributed by atoms with E-state index in [1.165, 1.54) is 24.3 Å². The van der Waals surface area contributed by atoms with Crippen LogP contribution in [0.3, 0.4) is 0 Å². The molecule has 190 valence electrons. The number of ether oxygens (including phenoxy) is 2. The molecule has 0 saturated carbocycles. The van der Waals surface area contributed by atoms with Crippen molar-refractivity contribution in [3.8, 4) is 5.75 Å². The van der Waals surface area contributed by atoms with Crippen LogP contribution in [-0.4, -0.2) is 33.5 Å². The smallest absolute Gasteiger partial charge is 0.340 e. The summed E-state index contributed by atoms with van der Waals surface area (Å²) in [6.45, 7) is 1.56. The van der Waals surface area contributed by atoms with Crippen LogP contribution in [0.5, 0.6) is 5.75 Å². The molecule has 8 nitrogen and oxygen atoms in total. The fourth-order valence-electron chi connectivity index (χ4n) is 2.89. The SMILES string of the molecule is CCOc1ccc(NS(=O)(=O)c2cc(C(=O)OCC(=O)Nc3c(Cl)cccc3Cl)c(Cl)cc2Cl)cc1. The molecule has 0 heterocycles. The molecule has 36 heavy (non-hydrogen) atoms. The van der Waals surface area contributed by atoms with Crippen LogP contribution in [0.15, 0.2) is 59.5 Å². The highest BCUT2D eigenvalue weighted by Crippen LogP contribution is 2.32. The highest BCUT2D eigenvalue weighted by molar-refractivity contribution is 7.92. The van der Waals surface area contributed by atoms with Crippen molar-refractivity contribution in [1.29, 1.82) is 0 Å². The van der Waals surface area contributed by atoms with E-state index in [2.05, 4.69) is 10.0 Å². The Hall–Kier alpha value is -2.69. The number of esters is 1. The second-order valence-corrected chi connectivity index (χ2v) is 10.3. The average molecular weight is 592 g/mol. The van der Waals surface area contributed by atoms with Gasteiger partial charge in [0, 0.05) is 5.69 Å². The van der Waals surface area contributed by atoms with Gasteiger partial charge >= 0.3 is 5.97 Å². The molecule has 3 rings (SSSR count). The molecule has 0 aromatic heterocycles. The number of para-hydroxylation sites is 1. The van der Waals surface area contributed by atoms with Gasteiger partial charge in [0.2, 0.25) is 0 Å². The largest absolute Gasteiger partial charge is 0.494 e. The lowest BCUT2D eigenvalue weighted by molar-refractivity contribution is -0.119. The van der Waals surface area contributed by atoms with Crippen molar-refractivity contribution in [2.45, 2.75) is 11.8 Å². The number of halogens is 4. The Morgan fingerprint density at radius 2 is 1.53 bits per heavy atom. The number of hydrogen-bond acceptors (Lipinski definition) is 6. The molecule has 0 bridgehead atoms. The average Bonchev–Trinajstić information content (AvgIpc) is 2.81. The van der Waals surface area contributed by atoms with Gasteiger partial charge in [-0.1, -0.05) is 52.5 Å². The van der Waals surface area contributed by atoms with E-state index in [1.807, 2.05) is 6.92 Å². The topological polar surface area (TPSA) is 111 Å². The number of nitrogens with one attached hydrogen (secondary N) is 2. The molecular weight excluding hydrogens is 574 g/mol. The van der Waals surface area contributed by atoms with E-state index in [9.17, 15) is 18.0 Å². The van der Waals surface area contributed by atoms with E-state index in [0.717, 1.165) is 12.1 Å². The maximum atomic E-state index is 12.9. The van der Waals surface area contributed by atoms with Crippen LogP contribution in [0.2, 0.25) is 20.1 Å². The fourth-order valence-corrected chi connectivity index (χ4v) is 5.29. The summed E-state index contributed by atoms with van der Waals surface area (Å²) in [4.78, 5) is 24.4. The van der Waals surface area contributed by atoms with Crippen molar-refractivity contribution in [3.63, 3.8) is 0 Å². The fraction of sp³-hybridized carbons (Fsp3) is 0.130. The molecule has 0 spiro atoms. The number of benzene rings is 3. The van der Waals surface area contributed by atoms with E-state index < -0.39 is 33.4 Å². The van der Waals surface area contributed by atoms with Crippen LogP contribution in [-0.2, 0) is 19.6 Å². The van der Waals surface area contributed by atoms with Crippen molar-refractivity contribution < 1.29 is 27.5 Å². The number of carbonyl (C=O) groups excluding carboxylic acids is 2. The molecule has 2 N–H and O–H groups in total. The first-order valence-electron chi connectivity index (χ1n) is 10.2. The lowest BCUT2D eigenvalue weighted by Crippen LogP contribution is -2.22. The second kappa shape index (κ2) is 12.0. The zero-order valence-corrected chi connectivity index (χ0v) is 22.3. The number of anilines is 2. The van der Waals surface area contributed by atoms with E-state index >= 15 is 0 Å². The normalized spacial score (nSPS) is 11.0. The molecule has 0 unspecified atom stereocenters. The van der Waals surface area contributed by atoms with Gasteiger partial charge in [0.1, 0.15) is 10.6 Å². The Balaban J connectivity index is 1.75. The molecule has 0 fully saturated rings. The summed E-state index contributed by atoms with van der Waals surface area (Å²) in [5.74, 6) is -1.21. The molecule has 3 aromatic rings. The Kier molecular flexibility index (Phi) is 9.32. The molecule has 0 aliphatic rings. The van der Waals surface area contributed by atoms with E-state index in [4.69, 9.17) is 55.9 Å². The predicted molar refractivity (Wildman–Crippen MR) is 140 cm³/mol. The predicted octanol–water partition coefficient (Wildman–Crippen LogP) is 6.30. The lowest BCUT2D eigenvalue weighted by atomic mass is 10.2. The Morgan fingerprint density at radius 3 is 2.14 bits per heavy atom. The van der Waals surface area contributed by atoms with Gasteiger partial charge in [0.15, 0.2) is 6.61 Å². The minimum absolute atomic E-state index is 0.153. The maximum absolute atomic E-state index is 12.9. The molecule has 0 saturated heterocycles. The standard InChI is InChI=1S/C23H18Cl4N2O6S/c1-2-34-14-8-6-13(7-9-14)29-36(32,33)20-10-15(18(26)11-19(20)27)23(31)35-12-21(30)28-22-16(24)4-3-5-17(22)25/h3-11,29H,2,12H2,1H3,(H,28,30). The van der Waals surface area contributed by atoms with E-state index in [-0.39, 0.29) is 37.0 Å². The van der Waals surface area contributed by atoms with E-state index in [1.54, 1.807) is 18.2 Å². The van der Waals surface area contributed by atoms with Crippen molar-refractivity contribution in [2.75, 3.05) is 23.3 Å². The highest BCUT2D eigenvalue weighted by atomic mass is 35.5. The third-order valence-corrected chi connectivity index (χ3v) is 7.30. The molecule has 0 aliphatic heterocycles. The van der Waals surface area contributed by atoms with E-state index in [0.29, 0.717) is 12.4 Å². The number of hydrogen-bond donors (Lipinski definition) is 2.